The summed E-state index contributed by atoms with van der Waals surface area (Å²) >= 11 is 5.77. The van der Waals surface area contributed by atoms with Crippen LogP contribution in [-0.4, -0.2) is 13.1 Å². The van der Waals surface area contributed by atoms with Gasteiger partial charge < -0.3 is 5.32 Å². The van der Waals surface area contributed by atoms with Crippen LogP contribution in [0.15, 0.2) is 42.5 Å². The summed E-state index contributed by atoms with van der Waals surface area (Å²) in [5.74, 6) is -0.629. The van der Waals surface area contributed by atoms with Gasteiger partial charge in [-0.05, 0) is 49.2 Å². The van der Waals surface area contributed by atoms with E-state index in [0.717, 1.165) is 5.56 Å². The van der Waals surface area contributed by atoms with Crippen molar-refractivity contribution in [2.75, 3.05) is 7.05 Å². The lowest BCUT2D eigenvalue weighted by molar-refractivity contribution is 0.531. The largest absolute Gasteiger partial charge is 0.316 e. The summed E-state index contributed by atoms with van der Waals surface area (Å²) in [7, 11) is 1.83. The first-order chi connectivity index (χ1) is 9.60. The monoisotopic (exact) mass is 295 g/mol. The Morgan fingerprint density at radius 2 is 1.80 bits per heavy atom. The fourth-order valence-corrected chi connectivity index (χ4v) is 2.36. The van der Waals surface area contributed by atoms with Gasteiger partial charge in [0, 0.05) is 6.04 Å². The van der Waals surface area contributed by atoms with Gasteiger partial charge in [-0.2, -0.15) is 0 Å². The number of nitrogens with one attached hydrogen (secondary N) is 1. The van der Waals surface area contributed by atoms with Gasteiger partial charge in [0.15, 0.2) is 0 Å². The van der Waals surface area contributed by atoms with Crippen LogP contribution in [0.3, 0.4) is 0 Å². The average Bonchev–Trinajstić information content (AvgIpc) is 2.44. The summed E-state index contributed by atoms with van der Waals surface area (Å²) in [4.78, 5) is 0. The fourth-order valence-electron chi connectivity index (χ4n) is 2.16. The lowest BCUT2D eigenvalue weighted by Gasteiger charge is -2.17. The van der Waals surface area contributed by atoms with Gasteiger partial charge >= 0.3 is 0 Å². The summed E-state index contributed by atoms with van der Waals surface area (Å²) < 4.78 is 26.8. The molecule has 0 aliphatic heterocycles. The summed E-state index contributed by atoms with van der Waals surface area (Å²) in [6.45, 7) is 0. The Balaban J connectivity index is 2.09. The van der Waals surface area contributed by atoms with Crippen LogP contribution in [0.4, 0.5) is 8.78 Å². The average molecular weight is 296 g/mol. The van der Waals surface area contributed by atoms with Gasteiger partial charge in [0.05, 0.1) is 5.02 Å². The van der Waals surface area contributed by atoms with Crippen LogP contribution < -0.4 is 5.32 Å². The van der Waals surface area contributed by atoms with Crippen molar-refractivity contribution in [3.63, 3.8) is 0 Å². The lowest BCUT2D eigenvalue weighted by Crippen LogP contribution is -2.30. The molecule has 0 spiro atoms. The molecule has 0 radical (unpaired) electrons. The first-order valence-electron chi connectivity index (χ1n) is 6.44. The molecule has 0 aromatic heterocycles. The Kier molecular flexibility index (Phi) is 5.10. The Hall–Kier alpha value is -1.45. The normalized spacial score (nSPS) is 12.4. The maximum Gasteiger partial charge on any atom is 0.141 e. The summed E-state index contributed by atoms with van der Waals surface area (Å²) in [5, 5.41) is 3.27. The maximum absolute atomic E-state index is 13.6. The summed E-state index contributed by atoms with van der Waals surface area (Å²) in [6, 6.07) is 11.5. The van der Waals surface area contributed by atoms with E-state index in [2.05, 4.69) is 5.32 Å². The van der Waals surface area contributed by atoms with Gasteiger partial charge in [0.2, 0.25) is 0 Å². The number of likely N-dealkylation sites (N-methyl/N-ethyl adjacent to an activating group) is 1. The van der Waals surface area contributed by atoms with Crippen LogP contribution in [0, 0.1) is 11.6 Å². The zero-order valence-corrected chi connectivity index (χ0v) is 11.9. The molecule has 0 heterocycles. The summed E-state index contributed by atoms with van der Waals surface area (Å²) in [5.41, 5.74) is 1.59. The molecule has 2 aromatic rings. The van der Waals surface area contributed by atoms with Crippen molar-refractivity contribution in [1.82, 2.24) is 5.32 Å². The van der Waals surface area contributed by atoms with E-state index in [-0.39, 0.29) is 16.9 Å². The molecule has 2 rings (SSSR count). The highest BCUT2D eigenvalue weighted by Crippen LogP contribution is 2.18. The molecule has 1 N–H and O–H groups in total. The van der Waals surface area contributed by atoms with Crippen molar-refractivity contribution >= 4 is 11.6 Å². The maximum atomic E-state index is 13.6. The molecule has 1 unspecified atom stereocenters. The van der Waals surface area contributed by atoms with Crippen LogP contribution in [0.5, 0.6) is 0 Å². The quantitative estimate of drug-likeness (QED) is 0.879. The molecule has 106 valence electrons. The Morgan fingerprint density at radius 1 is 1.05 bits per heavy atom. The number of halogens is 3. The predicted octanol–water partition coefficient (Wildman–Crippen LogP) is 3.99. The standard InChI is InChI=1S/C16H16ClF2N/c1-20-13(10-12-4-2-3-5-15(12)18)8-11-6-7-16(19)14(17)9-11/h2-7,9,13,20H,8,10H2,1H3. The molecular weight excluding hydrogens is 280 g/mol. The third kappa shape index (κ3) is 3.78. The minimum atomic E-state index is -0.425. The van der Waals surface area contributed by atoms with Gasteiger partial charge in [0.25, 0.3) is 0 Å². The number of rotatable bonds is 5. The SMILES string of the molecule is CNC(Cc1ccc(F)c(Cl)c1)Cc1ccccc1F. The third-order valence-electron chi connectivity index (χ3n) is 3.30. The second-order valence-corrected chi connectivity index (χ2v) is 5.14. The zero-order valence-electron chi connectivity index (χ0n) is 11.2. The van der Waals surface area contributed by atoms with E-state index in [4.69, 9.17) is 11.6 Å². The molecule has 20 heavy (non-hydrogen) atoms. The molecule has 0 saturated heterocycles. The molecule has 2 aromatic carbocycles. The van der Waals surface area contributed by atoms with Crippen LogP contribution in [0.25, 0.3) is 0 Å². The fraction of sp³-hybridized carbons (Fsp3) is 0.250. The zero-order chi connectivity index (χ0) is 14.5. The lowest BCUT2D eigenvalue weighted by atomic mass is 9.99. The van der Waals surface area contributed by atoms with E-state index >= 15 is 0 Å². The minimum Gasteiger partial charge on any atom is -0.316 e. The highest BCUT2D eigenvalue weighted by molar-refractivity contribution is 6.30. The second kappa shape index (κ2) is 6.82. The van der Waals surface area contributed by atoms with Crippen LogP contribution >= 0.6 is 11.6 Å². The molecule has 0 fully saturated rings. The molecule has 0 bridgehead atoms. The van der Waals surface area contributed by atoms with Gasteiger partial charge in [-0.25, -0.2) is 8.78 Å². The van der Waals surface area contributed by atoms with Crippen LogP contribution in [-0.2, 0) is 12.8 Å². The number of hydrogen-bond acceptors (Lipinski definition) is 1. The molecule has 1 atom stereocenters. The van der Waals surface area contributed by atoms with E-state index in [9.17, 15) is 8.78 Å². The van der Waals surface area contributed by atoms with Crippen molar-refractivity contribution in [2.45, 2.75) is 18.9 Å². The van der Waals surface area contributed by atoms with Crippen molar-refractivity contribution in [3.05, 3.63) is 70.2 Å². The molecule has 0 aliphatic rings. The van der Waals surface area contributed by atoms with Crippen molar-refractivity contribution in [1.29, 1.82) is 0 Å². The molecule has 0 amide bonds. The Labute approximate surface area is 122 Å². The first kappa shape index (κ1) is 14.9. The molecule has 1 nitrogen and oxygen atoms in total. The number of benzene rings is 2. The highest BCUT2D eigenvalue weighted by atomic mass is 35.5. The number of hydrogen-bond donors (Lipinski definition) is 1. The molecule has 4 heteroatoms. The van der Waals surface area contributed by atoms with Gasteiger partial charge in [-0.15, -0.1) is 0 Å². The van der Waals surface area contributed by atoms with Gasteiger partial charge in [-0.1, -0.05) is 35.9 Å². The van der Waals surface area contributed by atoms with Crippen molar-refractivity contribution in [3.8, 4) is 0 Å². The smallest absolute Gasteiger partial charge is 0.141 e. The van der Waals surface area contributed by atoms with E-state index in [1.54, 1.807) is 24.3 Å². The molecule has 0 saturated carbocycles. The van der Waals surface area contributed by atoms with Crippen LogP contribution in [0.2, 0.25) is 5.02 Å². The topological polar surface area (TPSA) is 12.0 Å². The molecular formula is C16H16ClF2N. The van der Waals surface area contributed by atoms with E-state index in [0.29, 0.717) is 18.4 Å². The van der Waals surface area contributed by atoms with Crippen molar-refractivity contribution in [2.24, 2.45) is 0 Å². The third-order valence-corrected chi connectivity index (χ3v) is 3.59. The first-order valence-corrected chi connectivity index (χ1v) is 6.82. The van der Waals surface area contributed by atoms with E-state index in [1.807, 2.05) is 13.1 Å². The Bertz CT molecular complexity index is 586. The van der Waals surface area contributed by atoms with Gasteiger partial charge in [0.1, 0.15) is 11.6 Å². The predicted molar refractivity (Wildman–Crippen MR) is 78.1 cm³/mol. The highest BCUT2D eigenvalue weighted by Gasteiger charge is 2.12. The molecule has 0 aliphatic carbocycles. The van der Waals surface area contributed by atoms with Crippen molar-refractivity contribution < 1.29 is 8.78 Å². The second-order valence-electron chi connectivity index (χ2n) is 4.73. The minimum absolute atomic E-state index is 0.0634. The van der Waals surface area contributed by atoms with Crippen LogP contribution in [0.1, 0.15) is 11.1 Å². The Morgan fingerprint density at radius 3 is 2.45 bits per heavy atom. The van der Waals surface area contributed by atoms with E-state index < -0.39 is 5.82 Å². The van der Waals surface area contributed by atoms with E-state index in [1.165, 1.54) is 12.1 Å². The summed E-state index contributed by atoms with van der Waals surface area (Å²) in [6.07, 6.45) is 1.23. The van der Waals surface area contributed by atoms with Gasteiger partial charge in [-0.3, -0.25) is 0 Å².